The standard InChI is InChI=1S/C34H40N4O5/c1-24-27(10-13-32(35-24)43-30-11-8-26(9-12-30)33(39)41-2)22-36-18-14-29(15-19-36)38-31(25-6-4-3-5-7-25)23-37(34(38)40)28-16-20-42-21-17-28/h3-13,28-29,31H,14-23H2,1-2H3. The zero-order valence-corrected chi connectivity index (χ0v) is 25.0. The minimum absolute atomic E-state index is 0.0868. The van der Waals surface area contributed by atoms with Gasteiger partial charge in [0.25, 0.3) is 0 Å². The van der Waals surface area contributed by atoms with Crippen LogP contribution in [0, 0.1) is 6.92 Å². The molecule has 9 nitrogen and oxygen atoms in total. The fraction of sp³-hybridized carbons (Fsp3) is 0.441. The average molecular weight is 585 g/mol. The van der Waals surface area contributed by atoms with Crippen LogP contribution in [0.25, 0.3) is 0 Å². The van der Waals surface area contributed by atoms with Gasteiger partial charge < -0.3 is 24.0 Å². The quantitative estimate of drug-likeness (QED) is 0.319. The Kier molecular flexibility index (Phi) is 8.90. The van der Waals surface area contributed by atoms with Gasteiger partial charge in [0.15, 0.2) is 0 Å². The van der Waals surface area contributed by atoms with Crippen LogP contribution in [-0.4, -0.2) is 83.7 Å². The monoisotopic (exact) mass is 584 g/mol. The van der Waals surface area contributed by atoms with E-state index >= 15 is 0 Å². The molecule has 3 fully saturated rings. The van der Waals surface area contributed by atoms with E-state index in [9.17, 15) is 9.59 Å². The number of rotatable bonds is 8. The van der Waals surface area contributed by atoms with E-state index in [4.69, 9.17) is 14.2 Å². The Morgan fingerprint density at radius 3 is 2.33 bits per heavy atom. The number of esters is 1. The van der Waals surface area contributed by atoms with E-state index in [0.29, 0.717) is 17.2 Å². The van der Waals surface area contributed by atoms with Crippen molar-refractivity contribution in [2.45, 2.75) is 57.3 Å². The van der Waals surface area contributed by atoms with Crippen LogP contribution in [0.1, 0.15) is 58.9 Å². The molecule has 6 rings (SSSR count). The highest BCUT2D eigenvalue weighted by Gasteiger charge is 2.45. The van der Waals surface area contributed by atoms with Crippen molar-refractivity contribution < 1.29 is 23.8 Å². The van der Waals surface area contributed by atoms with Crippen LogP contribution in [0.15, 0.2) is 66.7 Å². The second-order valence-corrected chi connectivity index (χ2v) is 11.6. The maximum atomic E-state index is 13.9. The van der Waals surface area contributed by atoms with Crippen LogP contribution in [0.5, 0.6) is 11.6 Å². The number of piperidine rings is 1. The molecule has 1 unspecified atom stereocenters. The third-order valence-electron chi connectivity index (χ3n) is 9.00. The molecule has 3 aliphatic heterocycles. The number of benzene rings is 2. The number of nitrogens with zero attached hydrogens (tertiary/aromatic N) is 4. The predicted octanol–water partition coefficient (Wildman–Crippen LogP) is 5.59. The van der Waals surface area contributed by atoms with Gasteiger partial charge in [-0.3, -0.25) is 4.90 Å². The summed E-state index contributed by atoms with van der Waals surface area (Å²) in [7, 11) is 1.36. The van der Waals surface area contributed by atoms with Crippen LogP contribution in [0.3, 0.4) is 0 Å². The van der Waals surface area contributed by atoms with Crippen molar-refractivity contribution >= 4 is 12.0 Å². The maximum absolute atomic E-state index is 13.9. The number of amides is 2. The van der Waals surface area contributed by atoms with Crippen LogP contribution in [0.2, 0.25) is 0 Å². The number of carbonyl (C=O) groups excluding carboxylic acids is 2. The van der Waals surface area contributed by atoms with E-state index in [2.05, 4.69) is 50.0 Å². The molecule has 1 atom stereocenters. The second kappa shape index (κ2) is 13.1. The van der Waals surface area contributed by atoms with Gasteiger partial charge in [-0.2, -0.15) is 0 Å². The van der Waals surface area contributed by atoms with Crippen LogP contribution >= 0.6 is 0 Å². The van der Waals surface area contributed by atoms with Crippen LogP contribution < -0.4 is 4.74 Å². The highest BCUT2D eigenvalue weighted by molar-refractivity contribution is 5.89. The molecule has 0 radical (unpaired) electrons. The molecular weight excluding hydrogens is 544 g/mol. The number of methoxy groups -OCH3 is 1. The number of carbonyl (C=O) groups is 2. The SMILES string of the molecule is COC(=O)c1ccc(Oc2ccc(CN3CCC(N4C(=O)N(C5CCOCC5)CC4c4ccccc4)CC3)c(C)n2)cc1. The summed E-state index contributed by atoms with van der Waals surface area (Å²) >= 11 is 0. The van der Waals surface area contributed by atoms with Crippen molar-refractivity contribution in [3.8, 4) is 11.6 Å². The van der Waals surface area contributed by atoms with Gasteiger partial charge >= 0.3 is 12.0 Å². The van der Waals surface area contributed by atoms with E-state index in [-0.39, 0.29) is 30.1 Å². The van der Waals surface area contributed by atoms with Crippen LogP contribution in [-0.2, 0) is 16.0 Å². The lowest BCUT2D eigenvalue weighted by molar-refractivity contribution is 0.0493. The minimum atomic E-state index is -0.381. The third kappa shape index (κ3) is 6.53. The summed E-state index contributed by atoms with van der Waals surface area (Å²) in [6.45, 7) is 6.89. The molecule has 226 valence electrons. The van der Waals surface area contributed by atoms with Crippen molar-refractivity contribution in [2.24, 2.45) is 0 Å². The molecular formula is C34H40N4O5. The molecule has 2 amide bonds. The summed E-state index contributed by atoms with van der Waals surface area (Å²) in [5.74, 6) is 0.739. The zero-order valence-electron chi connectivity index (χ0n) is 25.0. The first-order valence-electron chi connectivity index (χ1n) is 15.3. The number of hydrogen-bond acceptors (Lipinski definition) is 7. The molecule has 0 N–H and O–H groups in total. The zero-order chi connectivity index (χ0) is 29.8. The van der Waals surface area contributed by atoms with E-state index in [1.54, 1.807) is 24.3 Å². The lowest BCUT2D eigenvalue weighted by Gasteiger charge is -2.39. The summed E-state index contributed by atoms with van der Waals surface area (Å²) in [5.41, 5.74) is 3.78. The molecule has 0 aliphatic carbocycles. The number of likely N-dealkylation sites (tertiary alicyclic amines) is 1. The topological polar surface area (TPSA) is 84.4 Å². The second-order valence-electron chi connectivity index (χ2n) is 11.6. The number of urea groups is 1. The third-order valence-corrected chi connectivity index (χ3v) is 9.00. The molecule has 3 saturated heterocycles. The predicted molar refractivity (Wildman–Crippen MR) is 162 cm³/mol. The number of pyridine rings is 1. The first kappa shape index (κ1) is 29.1. The normalized spacial score (nSPS) is 20.4. The molecule has 3 aliphatic rings. The Labute approximate surface area is 253 Å². The smallest absolute Gasteiger partial charge is 0.337 e. The Morgan fingerprint density at radius 2 is 1.65 bits per heavy atom. The van der Waals surface area contributed by atoms with Crippen molar-refractivity contribution in [1.82, 2.24) is 19.7 Å². The van der Waals surface area contributed by atoms with Crippen molar-refractivity contribution in [3.05, 3.63) is 89.1 Å². The number of hydrogen-bond donors (Lipinski definition) is 0. The maximum Gasteiger partial charge on any atom is 0.337 e. The van der Waals surface area contributed by atoms with Gasteiger partial charge in [-0.25, -0.2) is 14.6 Å². The molecule has 2 aromatic carbocycles. The lowest BCUT2D eigenvalue weighted by atomic mass is 9.98. The van der Waals surface area contributed by atoms with Gasteiger partial charge in [0.05, 0.1) is 18.7 Å². The van der Waals surface area contributed by atoms with E-state index < -0.39 is 0 Å². The number of aromatic nitrogens is 1. The number of aryl methyl sites for hydroxylation is 1. The summed E-state index contributed by atoms with van der Waals surface area (Å²) in [6, 6.07) is 22.1. The Hall–Kier alpha value is -3.95. The van der Waals surface area contributed by atoms with Crippen molar-refractivity contribution in [1.29, 1.82) is 0 Å². The van der Waals surface area contributed by atoms with Gasteiger partial charge in [0.2, 0.25) is 5.88 Å². The van der Waals surface area contributed by atoms with Gasteiger partial charge in [-0.05, 0) is 68.0 Å². The van der Waals surface area contributed by atoms with E-state index in [1.165, 1.54) is 12.7 Å². The van der Waals surface area contributed by atoms with E-state index in [0.717, 1.165) is 76.3 Å². The van der Waals surface area contributed by atoms with Crippen molar-refractivity contribution in [2.75, 3.05) is 40.0 Å². The molecule has 9 heteroatoms. The highest BCUT2D eigenvalue weighted by Crippen LogP contribution is 2.37. The van der Waals surface area contributed by atoms with E-state index in [1.807, 2.05) is 19.1 Å². The van der Waals surface area contributed by atoms with Gasteiger partial charge in [-0.1, -0.05) is 36.4 Å². The first-order valence-corrected chi connectivity index (χ1v) is 15.3. The molecule has 4 heterocycles. The lowest BCUT2D eigenvalue weighted by Crippen LogP contribution is -2.48. The van der Waals surface area contributed by atoms with Gasteiger partial charge in [-0.15, -0.1) is 0 Å². The Bertz CT molecular complexity index is 1400. The number of ether oxygens (including phenoxy) is 3. The fourth-order valence-corrected chi connectivity index (χ4v) is 6.57. The summed E-state index contributed by atoms with van der Waals surface area (Å²) in [6.07, 6.45) is 3.73. The minimum Gasteiger partial charge on any atom is -0.465 e. The average Bonchev–Trinajstić information content (AvgIpc) is 3.40. The molecule has 0 spiro atoms. The fourth-order valence-electron chi connectivity index (χ4n) is 6.57. The summed E-state index contributed by atoms with van der Waals surface area (Å²) in [5, 5.41) is 0. The Balaban J connectivity index is 1.07. The Morgan fingerprint density at radius 1 is 0.930 bits per heavy atom. The largest absolute Gasteiger partial charge is 0.465 e. The first-order chi connectivity index (χ1) is 21.0. The summed E-state index contributed by atoms with van der Waals surface area (Å²) < 4.78 is 16.3. The molecule has 0 bridgehead atoms. The highest BCUT2D eigenvalue weighted by atomic mass is 16.5. The molecule has 1 aromatic heterocycles. The van der Waals surface area contributed by atoms with Gasteiger partial charge in [0.1, 0.15) is 5.75 Å². The van der Waals surface area contributed by atoms with Gasteiger partial charge in [0, 0.05) is 63.2 Å². The molecule has 0 saturated carbocycles. The molecule has 43 heavy (non-hydrogen) atoms. The summed E-state index contributed by atoms with van der Waals surface area (Å²) in [4.78, 5) is 37.0. The molecule has 3 aromatic rings. The van der Waals surface area contributed by atoms with Crippen LogP contribution in [0.4, 0.5) is 4.79 Å². The van der Waals surface area contributed by atoms with Crippen molar-refractivity contribution in [3.63, 3.8) is 0 Å².